The summed E-state index contributed by atoms with van der Waals surface area (Å²) in [6.45, 7) is 12.7. The lowest BCUT2D eigenvalue weighted by atomic mass is 9.97. The molecule has 0 saturated carbocycles. The van der Waals surface area contributed by atoms with Gasteiger partial charge in [0, 0.05) is 38.3 Å². The van der Waals surface area contributed by atoms with Crippen LogP contribution in [0.25, 0.3) is 0 Å². The van der Waals surface area contributed by atoms with Crippen molar-refractivity contribution in [3.8, 4) is 0 Å². The Morgan fingerprint density at radius 2 is 2.21 bits per heavy atom. The summed E-state index contributed by atoms with van der Waals surface area (Å²) in [5.74, 6) is 1.92. The smallest absolute Gasteiger partial charge is 0.134 e. The highest BCUT2D eigenvalue weighted by Gasteiger charge is 2.17. The Bertz CT molecular complexity index is 413. The van der Waals surface area contributed by atoms with Gasteiger partial charge in [0.05, 0.1) is 0 Å². The molecule has 5 nitrogen and oxygen atoms in total. The second-order valence-electron chi connectivity index (χ2n) is 6.48. The second-order valence-corrected chi connectivity index (χ2v) is 6.48. The molecule has 1 aliphatic heterocycles. The standard InChI is InChI=1S/C14H25N5/c1-11-8-19(6-5-15-11)13-7-12(17-10-18-13)16-9-14(2,3)4/h7,10-11,15H,5-6,8-9H2,1-4H3,(H,16,17,18). The summed E-state index contributed by atoms with van der Waals surface area (Å²) in [6.07, 6.45) is 1.65. The van der Waals surface area contributed by atoms with Gasteiger partial charge in [-0.1, -0.05) is 20.8 Å². The minimum Gasteiger partial charge on any atom is -0.369 e. The number of aromatic nitrogens is 2. The van der Waals surface area contributed by atoms with Gasteiger partial charge < -0.3 is 15.5 Å². The zero-order chi connectivity index (χ0) is 13.9. The molecule has 19 heavy (non-hydrogen) atoms. The van der Waals surface area contributed by atoms with Gasteiger partial charge in [0.25, 0.3) is 0 Å². The molecular formula is C14H25N5. The number of piperazine rings is 1. The predicted octanol–water partition coefficient (Wildman–Crippen LogP) is 1.73. The predicted molar refractivity (Wildman–Crippen MR) is 79.7 cm³/mol. The molecular weight excluding hydrogens is 238 g/mol. The molecule has 2 rings (SSSR count). The first-order valence-corrected chi connectivity index (χ1v) is 6.98. The van der Waals surface area contributed by atoms with Crippen molar-refractivity contribution in [3.05, 3.63) is 12.4 Å². The summed E-state index contributed by atoms with van der Waals surface area (Å²) in [4.78, 5) is 11.0. The van der Waals surface area contributed by atoms with E-state index in [0.717, 1.165) is 37.8 Å². The van der Waals surface area contributed by atoms with Crippen LogP contribution in [-0.4, -0.2) is 42.2 Å². The van der Waals surface area contributed by atoms with Crippen molar-refractivity contribution in [2.24, 2.45) is 5.41 Å². The van der Waals surface area contributed by atoms with Crippen LogP contribution in [0, 0.1) is 5.41 Å². The van der Waals surface area contributed by atoms with Crippen LogP contribution in [-0.2, 0) is 0 Å². The Balaban J connectivity index is 2.02. The summed E-state index contributed by atoms with van der Waals surface area (Å²) < 4.78 is 0. The lowest BCUT2D eigenvalue weighted by Crippen LogP contribution is -2.49. The number of rotatable bonds is 3. The summed E-state index contributed by atoms with van der Waals surface area (Å²) in [5, 5.41) is 6.82. The third kappa shape index (κ3) is 4.35. The molecule has 2 N–H and O–H groups in total. The van der Waals surface area contributed by atoms with E-state index in [-0.39, 0.29) is 5.41 Å². The van der Waals surface area contributed by atoms with Gasteiger partial charge in [0.1, 0.15) is 18.0 Å². The topological polar surface area (TPSA) is 53.1 Å². The summed E-state index contributed by atoms with van der Waals surface area (Å²) in [7, 11) is 0. The number of hydrogen-bond donors (Lipinski definition) is 2. The van der Waals surface area contributed by atoms with Crippen molar-refractivity contribution in [1.82, 2.24) is 15.3 Å². The molecule has 0 aromatic carbocycles. The fraction of sp³-hybridized carbons (Fsp3) is 0.714. The van der Waals surface area contributed by atoms with E-state index in [1.54, 1.807) is 6.33 Å². The van der Waals surface area contributed by atoms with Gasteiger partial charge in [-0.3, -0.25) is 0 Å². The van der Waals surface area contributed by atoms with E-state index in [1.807, 2.05) is 6.07 Å². The van der Waals surface area contributed by atoms with Crippen LogP contribution < -0.4 is 15.5 Å². The fourth-order valence-corrected chi connectivity index (χ4v) is 2.11. The van der Waals surface area contributed by atoms with Gasteiger partial charge in [-0.15, -0.1) is 0 Å². The first kappa shape index (κ1) is 14.1. The van der Waals surface area contributed by atoms with Crippen molar-refractivity contribution in [2.45, 2.75) is 33.7 Å². The van der Waals surface area contributed by atoms with E-state index in [9.17, 15) is 0 Å². The minimum atomic E-state index is 0.245. The fourth-order valence-electron chi connectivity index (χ4n) is 2.11. The maximum atomic E-state index is 4.39. The Hall–Kier alpha value is -1.36. The third-order valence-corrected chi connectivity index (χ3v) is 3.15. The summed E-state index contributed by atoms with van der Waals surface area (Å²) in [5.41, 5.74) is 0.245. The van der Waals surface area contributed by atoms with E-state index in [4.69, 9.17) is 0 Å². The van der Waals surface area contributed by atoms with Crippen molar-refractivity contribution in [2.75, 3.05) is 36.4 Å². The van der Waals surface area contributed by atoms with Crippen LogP contribution in [0.1, 0.15) is 27.7 Å². The van der Waals surface area contributed by atoms with Gasteiger partial charge in [0.2, 0.25) is 0 Å². The van der Waals surface area contributed by atoms with E-state index >= 15 is 0 Å². The zero-order valence-corrected chi connectivity index (χ0v) is 12.4. The lowest BCUT2D eigenvalue weighted by molar-refractivity contribution is 0.442. The first-order valence-electron chi connectivity index (χ1n) is 6.98. The van der Waals surface area contributed by atoms with E-state index < -0.39 is 0 Å². The molecule has 1 atom stereocenters. The molecule has 0 radical (unpaired) electrons. The highest BCUT2D eigenvalue weighted by molar-refractivity contribution is 5.49. The molecule has 1 aliphatic rings. The molecule has 2 heterocycles. The molecule has 0 bridgehead atoms. The maximum absolute atomic E-state index is 4.39. The summed E-state index contributed by atoms with van der Waals surface area (Å²) in [6, 6.07) is 2.55. The third-order valence-electron chi connectivity index (χ3n) is 3.15. The van der Waals surface area contributed by atoms with Crippen LogP contribution in [0.2, 0.25) is 0 Å². The van der Waals surface area contributed by atoms with E-state index in [1.165, 1.54) is 0 Å². The van der Waals surface area contributed by atoms with Crippen LogP contribution in [0.5, 0.6) is 0 Å². The normalized spacial score (nSPS) is 20.4. The molecule has 1 aromatic heterocycles. The van der Waals surface area contributed by atoms with Crippen molar-refractivity contribution < 1.29 is 0 Å². The number of nitrogens with zero attached hydrogens (tertiary/aromatic N) is 3. The van der Waals surface area contributed by atoms with E-state index in [0.29, 0.717) is 6.04 Å². The van der Waals surface area contributed by atoms with Gasteiger partial charge in [0.15, 0.2) is 0 Å². The lowest BCUT2D eigenvalue weighted by Gasteiger charge is -2.32. The van der Waals surface area contributed by atoms with Crippen molar-refractivity contribution >= 4 is 11.6 Å². The Kier molecular flexibility index (Phi) is 4.24. The molecule has 0 amide bonds. The SMILES string of the molecule is CC1CN(c2cc(NCC(C)(C)C)ncn2)CCN1. The molecule has 1 fully saturated rings. The molecule has 0 aliphatic carbocycles. The molecule has 1 aromatic rings. The first-order chi connectivity index (χ1) is 8.94. The van der Waals surface area contributed by atoms with Gasteiger partial charge in [-0.25, -0.2) is 9.97 Å². The molecule has 1 unspecified atom stereocenters. The largest absolute Gasteiger partial charge is 0.369 e. The number of hydrogen-bond acceptors (Lipinski definition) is 5. The second kappa shape index (κ2) is 5.74. The molecule has 106 valence electrons. The number of nitrogens with one attached hydrogen (secondary N) is 2. The molecule has 5 heteroatoms. The Morgan fingerprint density at radius 3 is 2.89 bits per heavy atom. The van der Waals surface area contributed by atoms with Crippen molar-refractivity contribution in [3.63, 3.8) is 0 Å². The molecule has 1 saturated heterocycles. The Morgan fingerprint density at radius 1 is 1.42 bits per heavy atom. The average molecular weight is 263 g/mol. The van der Waals surface area contributed by atoms with Crippen LogP contribution in [0.4, 0.5) is 11.6 Å². The van der Waals surface area contributed by atoms with Crippen LogP contribution in [0.3, 0.4) is 0 Å². The van der Waals surface area contributed by atoms with Gasteiger partial charge >= 0.3 is 0 Å². The van der Waals surface area contributed by atoms with Crippen LogP contribution in [0.15, 0.2) is 12.4 Å². The minimum absolute atomic E-state index is 0.245. The molecule has 0 spiro atoms. The zero-order valence-electron chi connectivity index (χ0n) is 12.4. The van der Waals surface area contributed by atoms with Gasteiger partial charge in [-0.05, 0) is 12.3 Å². The van der Waals surface area contributed by atoms with Crippen LogP contribution >= 0.6 is 0 Å². The average Bonchev–Trinajstić information content (AvgIpc) is 2.36. The maximum Gasteiger partial charge on any atom is 0.134 e. The highest BCUT2D eigenvalue weighted by atomic mass is 15.2. The quantitative estimate of drug-likeness (QED) is 0.870. The summed E-state index contributed by atoms with van der Waals surface area (Å²) >= 11 is 0. The van der Waals surface area contributed by atoms with E-state index in [2.05, 4.69) is 53.2 Å². The Labute approximate surface area is 115 Å². The highest BCUT2D eigenvalue weighted by Crippen LogP contribution is 2.18. The van der Waals surface area contributed by atoms with Crippen molar-refractivity contribution in [1.29, 1.82) is 0 Å². The van der Waals surface area contributed by atoms with Gasteiger partial charge in [-0.2, -0.15) is 0 Å². The monoisotopic (exact) mass is 263 g/mol. The number of anilines is 2.